The summed E-state index contributed by atoms with van der Waals surface area (Å²) in [5, 5.41) is 17.0. The van der Waals surface area contributed by atoms with Crippen molar-refractivity contribution in [3.05, 3.63) is 33.9 Å². The Morgan fingerprint density at radius 3 is 2.75 bits per heavy atom. The van der Waals surface area contributed by atoms with Crippen molar-refractivity contribution in [1.29, 1.82) is 0 Å². The molecule has 1 aromatic carbocycles. The quantitative estimate of drug-likeness (QED) is 0.439. The zero-order chi connectivity index (χ0) is 12.0. The standard InChI is InChI=1S/C11H17N3O2/c1-3-12-6-7-13-10-5-4-9(2)8-11(10)14(15)16/h4-5,8,12-13H,3,6-7H2,1-2H3. The van der Waals surface area contributed by atoms with Gasteiger partial charge in [0, 0.05) is 19.2 Å². The van der Waals surface area contributed by atoms with Gasteiger partial charge >= 0.3 is 0 Å². The first-order valence-corrected chi connectivity index (χ1v) is 5.34. The van der Waals surface area contributed by atoms with Crippen molar-refractivity contribution in [2.45, 2.75) is 13.8 Å². The molecule has 0 saturated heterocycles. The summed E-state index contributed by atoms with van der Waals surface area (Å²) in [6.45, 7) is 6.24. The van der Waals surface area contributed by atoms with E-state index in [0.29, 0.717) is 12.2 Å². The Morgan fingerprint density at radius 2 is 2.12 bits per heavy atom. The van der Waals surface area contributed by atoms with Crippen LogP contribution in [0.15, 0.2) is 18.2 Å². The summed E-state index contributed by atoms with van der Waals surface area (Å²) >= 11 is 0. The predicted octanol–water partition coefficient (Wildman–Crippen LogP) is 1.92. The third-order valence-electron chi connectivity index (χ3n) is 2.22. The highest BCUT2D eigenvalue weighted by molar-refractivity contribution is 5.62. The van der Waals surface area contributed by atoms with Crippen molar-refractivity contribution < 1.29 is 4.92 Å². The largest absolute Gasteiger partial charge is 0.378 e. The van der Waals surface area contributed by atoms with Crippen molar-refractivity contribution >= 4 is 11.4 Å². The summed E-state index contributed by atoms with van der Waals surface area (Å²) < 4.78 is 0. The van der Waals surface area contributed by atoms with Crippen molar-refractivity contribution in [3.63, 3.8) is 0 Å². The van der Waals surface area contributed by atoms with Gasteiger partial charge in [-0.1, -0.05) is 13.0 Å². The number of aryl methyl sites for hydroxylation is 1. The zero-order valence-electron chi connectivity index (χ0n) is 9.62. The molecule has 0 atom stereocenters. The first-order chi connectivity index (χ1) is 7.65. The fraction of sp³-hybridized carbons (Fsp3) is 0.455. The van der Waals surface area contributed by atoms with Gasteiger partial charge in [-0.25, -0.2) is 0 Å². The SMILES string of the molecule is CCNCCNc1ccc(C)cc1[N+](=O)[O-]. The summed E-state index contributed by atoms with van der Waals surface area (Å²) in [6.07, 6.45) is 0. The predicted molar refractivity (Wildman–Crippen MR) is 64.9 cm³/mol. The van der Waals surface area contributed by atoms with Gasteiger partial charge in [0.1, 0.15) is 5.69 Å². The number of anilines is 1. The molecule has 0 amide bonds. The van der Waals surface area contributed by atoms with Crippen LogP contribution in [0.2, 0.25) is 0 Å². The number of nitro groups is 1. The number of nitro benzene ring substituents is 1. The van der Waals surface area contributed by atoms with E-state index in [1.807, 2.05) is 19.9 Å². The molecule has 0 fully saturated rings. The highest BCUT2D eigenvalue weighted by atomic mass is 16.6. The van der Waals surface area contributed by atoms with Gasteiger partial charge in [0.05, 0.1) is 4.92 Å². The van der Waals surface area contributed by atoms with Gasteiger partial charge in [-0.15, -0.1) is 0 Å². The molecule has 0 radical (unpaired) electrons. The second-order valence-corrected chi connectivity index (χ2v) is 3.56. The molecule has 1 rings (SSSR count). The third-order valence-corrected chi connectivity index (χ3v) is 2.22. The number of hydrogen-bond acceptors (Lipinski definition) is 4. The van der Waals surface area contributed by atoms with Gasteiger partial charge in [0.15, 0.2) is 0 Å². The van der Waals surface area contributed by atoms with E-state index in [-0.39, 0.29) is 10.6 Å². The fourth-order valence-electron chi connectivity index (χ4n) is 1.40. The topological polar surface area (TPSA) is 67.2 Å². The van der Waals surface area contributed by atoms with Crippen molar-refractivity contribution in [2.24, 2.45) is 0 Å². The molecule has 0 aliphatic carbocycles. The van der Waals surface area contributed by atoms with Gasteiger partial charge in [0.25, 0.3) is 5.69 Å². The minimum Gasteiger partial charge on any atom is -0.378 e. The van der Waals surface area contributed by atoms with Crippen molar-refractivity contribution in [3.8, 4) is 0 Å². The average molecular weight is 223 g/mol. The second kappa shape index (κ2) is 6.07. The average Bonchev–Trinajstić information content (AvgIpc) is 2.26. The molecule has 0 bridgehead atoms. The molecule has 0 spiro atoms. The summed E-state index contributed by atoms with van der Waals surface area (Å²) in [6, 6.07) is 5.19. The van der Waals surface area contributed by atoms with Crippen LogP contribution >= 0.6 is 0 Å². The third kappa shape index (κ3) is 3.51. The normalized spacial score (nSPS) is 10.1. The lowest BCUT2D eigenvalue weighted by Crippen LogP contribution is -2.21. The maximum Gasteiger partial charge on any atom is 0.292 e. The highest BCUT2D eigenvalue weighted by Crippen LogP contribution is 2.24. The lowest BCUT2D eigenvalue weighted by molar-refractivity contribution is -0.384. The molecule has 5 nitrogen and oxygen atoms in total. The summed E-state index contributed by atoms with van der Waals surface area (Å²) in [7, 11) is 0. The number of nitrogens with zero attached hydrogens (tertiary/aromatic N) is 1. The van der Waals surface area contributed by atoms with Gasteiger partial charge in [0.2, 0.25) is 0 Å². The smallest absolute Gasteiger partial charge is 0.292 e. The van der Waals surface area contributed by atoms with E-state index in [1.54, 1.807) is 12.1 Å². The van der Waals surface area contributed by atoms with Gasteiger partial charge in [-0.05, 0) is 25.1 Å². The highest BCUT2D eigenvalue weighted by Gasteiger charge is 2.12. The Bertz CT molecular complexity index is 366. The zero-order valence-corrected chi connectivity index (χ0v) is 9.62. The number of likely N-dealkylation sites (N-methyl/N-ethyl adjacent to an activating group) is 1. The number of nitrogens with one attached hydrogen (secondary N) is 2. The monoisotopic (exact) mass is 223 g/mol. The molecule has 16 heavy (non-hydrogen) atoms. The second-order valence-electron chi connectivity index (χ2n) is 3.56. The molecule has 0 unspecified atom stereocenters. The molecule has 0 aliphatic rings. The van der Waals surface area contributed by atoms with Crippen LogP contribution in [0, 0.1) is 17.0 Å². The number of rotatable bonds is 6. The van der Waals surface area contributed by atoms with Gasteiger partial charge in [-0.3, -0.25) is 10.1 Å². The van der Waals surface area contributed by atoms with Crippen LogP contribution in [-0.2, 0) is 0 Å². The minimum atomic E-state index is -0.359. The van der Waals surface area contributed by atoms with Crippen LogP contribution in [0.3, 0.4) is 0 Å². The minimum absolute atomic E-state index is 0.136. The van der Waals surface area contributed by atoms with Gasteiger partial charge in [-0.2, -0.15) is 0 Å². The Kier molecular flexibility index (Phi) is 4.72. The van der Waals surface area contributed by atoms with Crippen LogP contribution in [-0.4, -0.2) is 24.6 Å². The van der Waals surface area contributed by atoms with E-state index in [4.69, 9.17) is 0 Å². The van der Waals surface area contributed by atoms with Crippen LogP contribution in [0.4, 0.5) is 11.4 Å². The van der Waals surface area contributed by atoms with E-state index >= 15 is 0 Å². The molecule has 2 N–H and O–H groups in total. The van der Waals surface area contributed by atoms with Crippen molar-refractivity contribution in [2.75, 3.05) is 25.0 Å². The Labute approximate surface area is 95.0 Å². The lowest BCUT2D eigenvalue weighted by atomic mass is 10.2. The molecule has 0 heterocycles. The Hall–Kier alpha value is -1.62. The Morgan fingerprint density at radius 1 is 1.38 bits per heavy atom. The van der Waals surface area contributed by atoms with E-state index in [0.717, 1.165) is 18.7 Å². The summed E-state index contributed by atoms with van der Waals surface area (Å²) in [5.41, 5.74) is 1.61. The van der Waals surface area contributed by atoms with E-state index in [9.17, 15) is 10.1 Å². The van der Waals surface area contributed by atoms with Crippen LogP contribution in [0.5, 0.6) is 0 Å². The maximum atomic E-state index is 10.8. The first kappa shape index (κ1) is 12.4. The maximum absolute atomic E-state index is 10.8. The van der Waals surface area contributed by atoms with Crippen LogP contribution < -0.4 is 10.6 Å². The molecule has 0 saturated carbocycles. The summed E-state index contributed by atoms with van der Waals surface area (Å²) in [4.78, 5) is 10.5. The van der Waals surface area contributed by atoms with Gasteiger partial charge < -0.3 is 10.6 Å². The Balaban J connectivity index is 2.67. The van der Waals surface area contributed by atoms with Crippen LogP contribution in [0.1, 0.15) is 12.5 Å². The fourth-order valence-corrected chi connectivity index (χ4v) is 1.40. The molecule has 5 heteroatoms. The molecule has 1 aromatic rings. The molecular formula is C11H17N3O2. The summed E-state index contributed by atoms with van der Waals surface area (Å²) in [5.74, 6) is 0. The molecule has 0 aromatic heterocycles. The number of hydrogen-bond donors (Lipinski definition) is 2. The number of benzene rings is 1. The van der Waals surface area contributed by atoms with Crippen LogP contribution in [0.25, 0.3) is 0 Å². The van der Waals surface area contributed by atoms with Crippen molar-refractivity contribution in [1.82, 2.24) is 5.32 Å². The molecular weight excluding hydrogens is 206 g/mol. The van der Waals surface area contributed by atoms with E-state index in [1.165, 1.54) is 0 Å². The first-order valence-electron chi connectivity index (χ1n) is 5.34. The molecule has 88 valence electrons. The lowest BCUT2D eigenvalue weighted by Gasteiger charge is -2.07. The molecule has 0 aliphatic heterocycles. The van der Waals surface area contributed by atoms with E-state index in [2.05, 4.69) is 10.6 Å². The van der Waals surface area contributed by atoms with E-state index < -0.39 is 0 Å².